The number of likely N-dealkylation sites (N-methyl/N-ethyl adjacent to an activating group) is 2. The molecular formula is C32H42FN7O5. The van der Waals surface area contributed by atoms with Gasteiger partial charge < -0.3 is 24.4 Å². The van der Waals surface area contributed by atoms with Gasteiger partial charge >= 0.3 is 6.09 Å². The summed E-state index contributed by atoms with van der Waals surface area (Å²) in [5.74, 6) is -0.0869. The van der Waals surface area contributed by atoms with Gasteiger partial charge in [0.05, 0.1) is 13.1 Å². The molecule has 45 heavy (non-hydrogen) atoms. The minimum absolute atomic E-state index is 0.114. The van der Waals surface area contributed by atoms with E-state index in [9.17, 15) is 18.8 Å². The fourth-order valence-corrected chi connectivity index (χ4v) is 4.97. The highest BCUT2D eigenvalue weighted by Gasteiger charge is 2.28. The number of aryl methyl sites for hydroxylation is 2. The minimum atomic E-state index is -0.631. The number of rotatable bonds is 11. The number of hydrazine groups is 1. The van der Waals surface area contributed by atoms with Crippen molar-refractivity contribution in [1.82, 2.24) is 30.4 Å². The Kier molecular flexibility index (Phi) is 10.4. The maximum Gasteiger partial charge on any atom is 0.410 e. The molecule has 0 bridgehead atoms. The molecule has 1 aromatic heterocycles. The van der Waals surface area contributed by atoms with Crippen LogP contribution in [-0.2, 0) is 27.4 Å². The summed E-state index contributed by atoms with van der Waals surface area (Å²) in [6, 6.07) is 10.2. The van der Waals surface area contributed by atoms with Gasteiger partial charge in [0.2, 0.25) is 5.91 Å². The lowest BCUT2D eigenvalue weighted by Crippen LogP contribution is -2.48. The van der Waals surface area contributed by atoms with Gasteiger partial charge in [-0.3, -0.25) is 14.6 Å². The van der Waals surface area contributed by atoms with Crippen LogP contribution in [0.1, 0.15) is 50.2 Å². The summed E-state index contributed by atoms with van der Waals surface area (Å²) in [4.78, 5) is 46.9. The smallest absolute Gasteiger partial charge is 0.410 e. The number of nitrogens with zero attached hydrogens (tertiary/aromatic N) is 6. The number of halogens is 1. The first kappa shape index (κ1) is 33.4. The Hall–Kier alpha value is -4.52. The molecule has 1 aliphatic rings. The van der Waals surface area contributed by atoms with Crippen molar-refractivity contribution in [2.45, 2.75) is 60.2 Å². The van der Waals surface area contributed by atoms with Crippen molar-refractivity contribution >= 4 is 23.6 Å². The number of hydrogen-bond acceptors (Lipinski definition) is 9. The lowest BCUT2D eigenvalue weighted by molar-refractivity contribution is -0.145. The van der Waals surface area contributed by atoms with E-state index in [1.165, 1.54) is 22.0 Å². The highest BCUT2D eigenvalue weighted by molar-refractivity contribution is 5.87. The van der Waals surface area contributed by atoms with Crippen LogP contribution in [0.5, 0.6) is 0 Å². The monoisotopic (exact) mass is 623 g/mol. The Balaban J connectivity index is 1.49. The van der Waals surface area contributed by atoms with Gasteiger partial charge in [0.1, 0.15) is 11.4 Å². The molecule has 3 amide bonds. The molecule has 0 fully saturated rings. The number of nitrogens with one attached hydrogen (secondary N) is 1. The van der Waals surface area contributed by atoms with E-state index in [0.29, 0.717) is 42.6 Å². The summed E-state index contributed by atoms with van der Waals surface area (Å²) in [6.45, 7) is 12.4. The van der Waals surface area contributed by atoms with Gasteiger partial charge in [-0.1, -0.05) is 17.3 Å². The van der Waals surface area contributed by atoms with E-state index in [0.717, 1.165) is 16.7 Å². The topological polar surface area (TPSA) is 124 Å². The predicted octanol–water partition coefficient (Wildman–Crippen LogP) is 4.06. The van der Waals surface area contributed by atoms with Gasteiger partial charge in [-0.2, -0.15) is 4.98 Å². The molecule has 2 aromatic carbocycles. The van der Waals surface area contributed by atoms with Crippen molar-refractivity contribution in [3.8, 4) is 11.5 Å². The number of fused-ring (bicyclic) bond motifs is 1. The van der Waals surface area contributed by atoms with Gasteiger partial charge in [-0.25, -0.2) is 14.2 Å². The number of benzene rings is 2. The van der Waals surface area contributed by atoms with Crippen LogP contribution < -0.4 is 10.2 Å². The van der Waals surface area contributed by atoms with Crippen molar-refractivity contribution in [3.05, 3.63) is 64.7 Å². The molecule has 4 rings (SSSR count). The summed E-state index contributed by atoms with van der Waals surface area (Å²) in [5.41, 5.74) is 3.29. The zero-order valence-electron chi connectivity index (χ0n) is 27.0. The van der Waals surface area contributed by atoms with Crippen LogP contribution in [0.3, 0.4) is 0 Å². The SMILES string of the molecule is CCN(CCNC(=O)CN(CC(=O)N(C)N1Cc2ccc(F)cc2C1)c1cc(-c2nc(C)no2)ccc1C)C(=O)OC(C)(C)C. The van der Waals surface area contributed by atoms with Crippen molar-refractivity contribution in [1.29, 1.82) is 0 Å². The first-order valence-corrected chi connectivity index (χ1v) is 14.9. The molecule has 242 valence electrons. The molecule has 1 aliphatic heterocycles. The molecule has 3 aromatic rings. The van der Waals surface area contributed by atoms with E-state index in [2.05, 4.69) is 15.5 Å². The molecule has 0 aliphatic carbocycles. The van der Waals surface area contributed by atoms with Gasteiger partial charge in [-0.15, -0.1) is 0 Å². The normalized spacial score (nSPS) is 12.9. The third-order valence-corrected chi connectivity index (χ3v) is 7.38. The average Bonchev–Trinajstić information content (AvgIpc) is 3.59. The van der Waals surface area contributed by atoms with Crippen LogP contribution in [-0.4, -0.2) is 88.3 Å². The van der Waals surface area contributed by atoms with E-state index >= 15 is 0 Å². The fraction of sp³-hybridized carbons (Fsp3) is 0.469. The maximum absolute atomic E-state index is 13.8. The number of ether oxygens (including phenoxy) is 1. The molecule has 0 spiro atoms. The molecule has 0 atom stereocenters. The molecule has 0 saturated carbocycles. The van der Waals surface area contributed by atoms with Gasteiger partial charge in [0, 0.05) is 51.0 Å². The summed E-state index contributed by atoms with van der Waals surface area (Å²) in [7, 11) is 1.67. The summed E-state index contributed by atoms with van der Waals surface area (Å²) < 4.78 is 24.6. The Morgan fingerprint density at radius 3 is 2.47 bits per heavy atom. The zero-order valence-corrected chi connectivity index (χ0v) is 27.0. The second-order valence-electron chi connectivity index (χ2n) is 12.1. The first-order chi connectivity index (χ1) is 21.2. The highest BCUT2D eigenvalue weighted by Crippen LogP contribution is 2.28. The Labute approximate surface area is 263 Å². The number of amides is 3. The van der Waals surface area contributed by atoms with Gasteiger partial charge in [0.25, 0.3) is 11.8 Å². The molecule has 13 heteroatoms. The quantitative estimate of drug-likeness (QED) is 0.337. The van der Waals surface area contributed by atoms with Crippen molar-refractivity contribution in [2.75, 3.05) is 44.7 Å². The fourth-order valence-electron chi connectivity index (χ4n) is 4.97. The minimum Gasteiger partial charge on any atom is -0.444 e. The number of carbonyl (C=O) groups is 3. The van der Waals surface area contributed by atoms with Gasteiger partial charge in [0.15, 0.2) is 5.82 Å². The Morgan fingerprint density at radius 2 is 1.80 bits per heavy atom. The maximum atomic E-state index is 13.8. The highest BCUT2D eigenvalue weighted by atomic mass is 19.1. The van der Waals surface area contributed by atoms with Crippen LogP contribution in [0.15, 0.2) is 40.9 Å². The molecule has 0 saturated heterocycles. The summed E-state index contributed by atoms with van der Waals surface area (Å²) in [6.07, 6.45) is -0.454. The van der Waals surface area contributed by atoms with Crippen molar-refractivity contribution in [2.24, 2.45) is 0 Å². The van der Waals surface area contributed by atoms with E-state index in [1.807, 2.05) is 37.1 Å². The van der Waals surface area contributed by atoms with Crippen LogP contribution >= 0.6 is 0 Å². The summed E-state index contributed by atoms with van der Waals surface area (Å²) in [5, 5.41) is 10.1. The summed E-state index contributed by atoms with van der Waals surface area (Å²) >= 11 is 0. The van der Waals surface area contributed by atoms with E-state index in [-0.39, 0.29) is 43.8 Å². The largest absolute Gasteiger partial charge is 0.444 e. The lowest BCUT2D eigenvalue weighted by atomic mass is 10.1. The van der Waals surface area contributed by atoms with E-state index in [1.54, 1.807) is 45.7 Å². The third-order valence-electron chi connectivity index (χ3n) is 7.38. The zero-order chi connectivity index (χ0) is 32.9. The number of carbonyl (C=O) groups excluding carboxylic acids is 3. The van der Waals surface area contributed by atoms with Crippen LogP contribution in [0.4, 0.5) is 14.9 Å². The first-order valence-electron chi connectivity index (χ1n) is 14.9. The number of aromatic nitrogens is 2. The third kappa shape index (κ3) is 8.78. The molecule has 2 heterocycles. The van der Waals surface area contributed by atoms with Crippen molar-refractivity contribution < 1.29 is 28.0 Å². The average molecular weight is 624 g/mol. The van der Waals surface area contributed by atoms with Crippen molar-refractivity contribution in [3.63, 3.8) is 0 Å². The van der Waals surface area contributed by atoms with Crippen LogP contribution in [0, 0.1) is 19.7 Å². The molecule has 0 unspecified atom stereocenters. The molecule has 12 nitrogen and oxygen atoms in total. The second-order valence-corrected chi connectivity index (χ2v) is 12.1. The van der Waals surface area contributed by atoms with E-state index in [4.69, 9.17) is 9.26 Å². The number of anilines is 1. The van der Waals surface area contributed by atoms with E-state index < -0.39 is 11.7 Å². The standard InChI is InChI=1S/C32H42FN7O5/c1-8-38(31(43)44-32(4,5)6)14-13-34-28(41)19-39(27-16-23(10-9-21(27)2)30-35-22(3)36-45-30)20-29(42)37(7)40-17-24-11-12-26(33)15-25(24)18-40/h9-12,15-16H,8,13-14,17-20H2,1-7H3,(H,34,41). The number of hydrogen-bond donors (Lipinski definition) is 1. The predicted molar refractivity (Wildman–Crippen MR) is 166 cm³/mol. The lowest BCUT2D eigenvalue weighted by Gasteiger charge is -2.32. The van der Waals surface area contributed by atoms with Crippen LogP contribution in [0.2, 0.25) is 0 Å². The van der Waals surface area contributed by atoms with Crippen LogP contribution in [0.25, 0.3) is 11.5 Å². The molecule has 0 radical (unpaired) electrons. The molecular weight excluding hydrogens is 581 g/mol. The van der Waals surface area contributed by atoms with Gasteiger partial charge in [-0.05, 0) is 82.5 Å². The Bertz CT molecular complexity index is 1540. The molecule has 1 N–H and O–H groups in total. The Morgan fingerprint density at radius 1 is 1.07 bits per heavy atom. The second kappa shape index (κ2) is 14.1.